The molecule has 187 valence electrons. The number of aliphatic hydroxyl groups excluding tert-OH is 1. The van der Waals surface area contributed by atoms with Crippen LogP contribution in [0.1, 0.15) is 35.8 Å². The number of carbonyl (C=O) groups excluding carboxylic acids is 1. The largest absolute Gasteiger partial charge is 1.00 e. The molecular formula is C32H33BN2NaO2. The van der Waals surface area contributed by atoms with Gasteiger partial charge in [0.2, 0.25) is 0 Å². The summed E-state index contributed by atoms with van der Waals surface area (Å²) in [6, 6.07) is 42.2. The van der Waals surface area contributed by atoms with Gasteiger partial charge >= 0.3 is 29.6 Å². The van der Waals surface area contributed by atoms with Crippen LogP contribution in [0.2, 0.25) is 0 Å². The molecule has 0 aliphatic carbocycles. The summed E-state index contributed by atoms with van der Waals surface area (Å²) in [5.74, 6) is 0.326. The van der Waals surface area contributed by atoms with Crippen molar-refractivity contribution in [3.05, 3.63) is 144 Å². The molecule has 0 unspecified atom stereocenters. The number of ketones is 1. The first-order chi connectivity index (χ1) is 17.7. The summed E-state index contributed by atoms with van der Waals surface area (Å²) in [4.78, 5) is 15.8. The second-order valence-electron chi connectivity index (χ2n) is 9.50. The summed E-state index contributed by atoms with van der Waals surface area (Å²) < 4.78 is 0. The molecular weight excluding hydrogens is 478 g/mol. The van der Waals surface area contributed by atoms with E-state index in [2.05, 4.69) is 82.6 Å². The van der Waals surface area contributed by atoms with E-state index in [-0.39, 0.29) is 57.6 Å². The molecule has 0 aromatic heterocycles. The Morgan fingerprint density at radius 3 is 1.13 bits per heavy atom. The van der Waals surface area contributed by atoms with E-state index in [0.717, 1.165) is 13.1 Å². The van der Waals surface area contributed by atoms with Crippen LogP contribution in [0.15, 0.2) is 121 Å². The van der Waals surface area contributed by atoms with Gasteiger partial charge in [-0.2, -0.15) is 0 Å². The van der Waals surface area contributed by atoms with E-state index in [9.17, 15) is 9.90 Å². The van der Waals surface area contributed by atoms with Crippen LogP contribution in [0.5, 0.6) is 0 Å². The monoisotopic (exact) mass is 511 g/mol. The first-order valence-corrected chi connectivity index (χ1v) is 12.6. The van der Waals surface area contributed by atoms with E-state index in [1.807, 2.05) is 48.5 Å². The zero-order valence-electron chi connectivity index (χ0n) is 22.9. The molecule has 0 amide bonds. The Bertz CT molecular complexity index is 1160. The molecule has 6 rings (SSSR count). The molecule has 2 saturated heterocycles. The summed E-state index contributed by atoms with van der Waals surface area (Å²) in [6.45, 7) is 2.64. The summed E-state index contributed by atoms with van der Waals surface area (Å²) >= 11 is 0. The predicted octanol–water partition coefficient (Wildman–Crippen LogP) is 1.85. The maximum atomic E-state index is 11.2. The zero-order valence-corrected chi connectivity index (χ0v) is 23.9. The van der Waals surface area contributed by atoms with Crippen molar-refractivity contribution in [3.63, 3.8) is 0 Å². The number of Topliss-reactive ketones (excluding diaryl/α,β-unsaturated/α-hetero) is 1. The van der Waals surface area contributed by atoms with Crippen LogP contribution in [0.3, 0.4) is 0 Å². The standard InChI is InChI=1S/C16H17NO.C16H15NO.B.Na.H/c2*18-15-11-17(12-15)16(13-7-3-1-4-8-13)14-9-5-2-6-10-14;;;/h1-10,15-16,18H,11-12H2;1-10,16H,11-12H2;;;/q;;;+1;-1. The van der Waals surface area contributed by atoms with Crippen molar-refractivity contribution in [2.45, 2.75) is 18.2 Å². The van der Waals surface area contributed by atoms with Crippen molar-refractivity contribution in [1.29, 1.82) is 0 Å². The van der Waals surface area contributed by atoms with E-state index >= 15 is 0 Å². The maximum absolute atomic E-state index is 11.2. The average Bonchev–Trinajstić information content (AvgIpc) is 2.90. The SMILES string of the molecule is O=C1CN(C(c2ccccc2)c2ccccc2)C1.OC1CN(C(c2ccccc2)c2ccccc2)C1.[B].[H-].[Na+]. The molecule has 6 heteroatoms. The van der Waals surface area contributed by atoms with E-state index in [1.54, 1.807) is 0 Å². The normalized spacial score (nSPS) is 15.4. The van der Waals surface area contributed by atoms with E-state index in [1.165, 1.54) is 22.3 Å². The van der Waals surface area contributed by atoms with Gasteiger partial charge in [-0.25, -0.2) is 0 Å². The maximum Gasteiger partial charge on any atom is 1.00 e. The quantitative estimate of drug-likeness (QED) is 0.402. The number of aliphatic hydroxyl groups is 1. The van der Waals surface area contributed by atoms with Crippen LogP contribution in [0, 0.1) is 0 Å². The Labute approximate surface area is 251 Å². The minimum absolute atomic E-state index is 0. The van der Waals surface area contributed by atoms with Crippen LogP contribution in [0.25, 0.3) is 0 Å². The molecule has 2 fully saturated rings. The first kappa shape index (κ1) is 30.0. The van der Waals surface area contributed by atoms with Crippen molar-refractivity contribution in [2.24, 2.45) is 0 Å². The third kappa shape index (κ3) is 7.32. The Balaban J connectivity index is 0.000000254. The number of likely N-dealkylation sites (tertiary alicyclic amines) is 2. The van der Waals surface area contributed by atoms with E-state index < -0.39 is 0 Å². The van der Waals surface area contributed by atoms with Gasteiger partial charge in [0, 0.05) is 21.5 Å². The van der Waals surface area contributed by atoms with Gasteiger partial charge in [0.25, 0.3) is 0 Å². The minimum Gasteiger partial charge on any atom is -1.00 e. The molecule has 3 radical (unpaired) electrons. The number of carbonyl (C=O) groups is 1. The molecule has 2 heterocycles. The van der Waals surface area contributed by atoms with Gasteiger partial charge in [-0.3, -0.25) is 14.6 Å². The number of rotatable bonds is 6. The zero-order chi connectivity index (χ0) is 24.7. The first-order valence-electron chi connectivity index (χ1n) is 12.6. The minimum atomic E-state index is -0.167. The average molecular weight is 511 g/mol. The van der Waals surface area contributed by atoms with Crippen LogP contribution in [-0.2, 0) is 4.79 Å². The van der Waals surface area contributed by atoms with Crippen LogP contribution >= 0.6 is 0 Å². The molecule has 2 aliphatic rings. The molecule has 0 atom stereocenters. The van der Waals surface area contributed by atoms with Gasteiger partial charge in [0.05, 0.1) is 31.3 Å². The Morgan fingerprint density at radius 1 is 0.579 bits per heavy atom. The van der Waals surface area contributed by atoms with E-state index in [4.69, 9.17) is 0 Å². The van der Waals surface area contributed by atoms with Gasteiger partial charge in [0.15, 0.2) is 5.78 Å². The molecule has 1 N–H and O–H groups in total. The number of benzene rings is 4. The molecule has 4 nitrogen and oxygen atoms in total. The van der Waals surface area contributed by atoms with Crippen LogP contribution in [-0.4, -0.2) is 61.4 Å². The van der Waals surface area contributed by atoms with Crippen molar-refractivity contribution in [3.8, 4) is 0 Å². The molecule has 4 aromatic carbocycles. The second kappa shape index (κ2) is 14.6. The van der Waals surface area contributed by atoms with Crippen molar-refractivity contribution >= 4 is 14.2 Å². The fourth-order valence-corrected chi connectivity index (χ4v) is 5.06. The molecule has 0 saturated carbocycles. The van der Waals surface area contributed by atoms with Gasteiger partial charge < -0.3 is 6.53 Å². The number of hydrogen-bond acceptors (Lipinski definition) is 4. The smallest absolute Gasteiger partial charge is 1.00 e. The van der Waals surface area contributed by atoms with Crippen molar-refractivity contribution < 1.29 is 40.9 Å². The Hall–Kier alpha value is -2.51. The Morgan fingerprint density at radius 2 is 0.868 bits per heavy atom. The summed E-state index contributed by atoms with van der Waals surface area (Å²) in [6.07, 6.45) is -0.167. The molecule has 2 aliphatic heterocycles. The topological polar surface area (TPSA) is 43.8 Å². The molecule has 4 aromatic rings. The number of nitrogens with zero attached hydrogens (tertiary/aromatic N) is 2. The van der Waals surface area contributed by atoms with Gasteiger partial charge in [-0.05, 0) is 22.3 Å². The third-order valence-electron chi connectivity index (χ3n) is 6.84. The van der Waals surface area contributed by atoms with Gasteiger partial charge in [-0.1, -0.05) is 121 Å². The summed E-state index contributed by atoms with van der Waals surface area (Å²) in [7, 11) is 0. The van der Waals surface area contributed by atoms with Gasteiger partial charge in [-0.15, -0.1) is 0 Å². The van der Waals surface area contributed by atoms with Crippen LogP contribution in [0.4, 0.5) is 0 Å². The second-order valence-corrected chi connectivity index (χ2v) is 9.50. The fraction of sp³-hybridized carbons (Fsp3) is 0.219. The van der Waals surface area contributed by atoms with Crippen LogP contribution < -0.4 is 29.6 Å². The molecule has 0 bridgehead atoms. The Kier molecular flexibility index (Phi) is 11.5. The summed E-state index contributed by atoms with van der Waals surface area (Å²) in [5.41, 5.74) is 5.07. The fourth-order valence-electron chi connectivity index (χ4n) is 5.06. The molecule has 0 spiro atoms. The molecule has 38 heavy (non-hydrogen) atoms. The summed E-state index contributed by atoms with van der Waals surface area (Å²) in [5, 5.41) is 9.52. The van der Waals surface area contributed by atoms with Crippen molar-refractivity contribution in [2.75, 3.05) is 26.2 Å². The van der Waals surface area contributed by atoms with E-state index in [0.29, 0.717) is 18.9 Å². The number of hydrogen-bond donors (Lipinski definition) is 1. The predicted molar refractivity (Wildman–Crippen MR) is 150 cm³/mol. The third-order valence-corrected chi connectivity index (χ3v) is 6.84. The van der Waals surface area contributed by atoms with Gasteiger partial charge in [0.1, 0.15) is 0 Å². The number of β-amino-alcohol motifs (C(OH)–C–C–N with tert-alkyl or cyclic N) is 1. The van der Waals surface area contributed by atoms with Crippen molar-refractivity contribution in [1.82, 2.24) is 9.80 Å².